The minimum absolute atomic E-state index is 0.219. The van der Waals surface area contributed by atoms with E-state index < -0.39 is 11.4 Å². The molecule has 0 atom stereocenters. The molecule has 0 radical (unpaired) electrons. The molecule has 25 heavy (non-hydrogen) atoms. The van der Waals surface area contributed by atoms with Gasteiger partial charge in [0.1, 0.15) is 11.4 Å². The zero-order chi connectivity index (χ0) is 18.2. The van der Waals surface area contributed by atoms with Crippen LogP contribution in [0.3, 0.4) is 0 Å². The van der Waals surface area contributed by atoms with Gasteiger partial charge in [0.15, 0.2) is 0 Å². The Morgan fingerprint density at radius 3 is 2.56 bits per heavy atom. The van der Waals surface area contributed by atoms with Gasteiger partial charge < -0.3 is 14.5 Å². The molecule has 0 aliphatic carbocycles. The molecule has 134 valence electrons. The van der Waals surface area contributed by atoms with Gasteiger partial charge in [0.2, 0.25) is 5.95 Å². The highest BCUT2D eigenvalue weighted by atomic mass is 19.1. The number of carbonyl (C=O) groups is 1. The second kappa shape index (κ2) is 6.34. The number of hydrogen-bond acceptors (Lipinski definition) is 5. The Morgan fingerprint density at radius 1 is 1.24 bits per heavy atom. The van der Waals surface area contributed by atoms with Gasteiger partial charge in [0.05, 0.1) is 10.9 Å². The molecule has 1 aromatic heterocycles. The van der Waals surface area contributed by atoms with Crippen molar-refractivity contribution >= 4 is 22.9 Å². The van der Waals surface area contributed by atoms with E-state index in [2.05, 4.69) is 9.97 Å². The molecule has 0 saturated carbocycles. The number of halogens is 1. The van der Waals surface area contributed by atoms with Crippen molar-refractivity contribution in [2.45, 2.75) is 26.4 Å². The predicted molar refractivity (Wildman–Crippen MR) is 92.3 cm³/mol. The number of aromatic amines is 1. The van der Waals surface area contributed by atoms with Crippen molar-refractivity contribution in [2.75, 3.05) is 31.1 Å². The van der Waals surface area contributed by atoms with E-state index in [-0.39, 0.29) is 17.0 Å². The summed E-state index contributed by atoms with van der Waals surface area (Å²) in [4.78, 5) is 34.9. The molecule has 1 amide bonds. The Kier molecular flexibility index (Phi) is 4.36. The molecule has 2 aromatic rings. The number of piperazine rings is 1. The first kappa shape index (κ1) is 17.2. The molecule has 0 bridgehead atoms. The first-order valence-electron chi connectivity index (χ1n) is 8.15. The molecule has 0 spiro atoms. The van der Waals surface area contributed by atoms with Gasteiger partial charge in [-0.2, -0.15) is 0 Å². The van der Waals surface area contributed by atoms with Crippen LogP contribution in [-0.2, 0) is 4.74 Å². The number of hydrogen-bond donors (Lipinski definition) is 1. The lowest BCUT2D eigenvalue weighted by molar-refractivity contribution is 0.0240. The molecule has 1 aromatic carbocycles. The summed E-state index contributed by atoms with van der Waals surface area (Å²) >= 11 is 0. The van der Waals surface area contributed by atoms with Crippen LogP contribution in [0.4, 0.5) is 15.1 Å². The third-order valence-electron chi connectivity index (χ3n) is 3.89. The molecule has 8 heteroatoms. The molecule has 0 unspecified atom stereocenters. The second-order valence-corrected chi connectivity index (χ2v) is 7.01. The number of nitrogens with one attached hydrogen (secondary N) is 1. The van der Waals surface area contributed by atoms with Crippen LogP contribution in [-0.4, -0.2) is 52.7 Å². The third kappa shape index (κ3) is 3.89. The maximum atomic E-state index is 13.3. The maximum Gasteiger partial charge on any atom is 0.410 e. The van der Waals surface area contributed by atoms with Crippen molar-refractivity contribution in [3.05, 3.63) is 34.4 Å². The highest BCUT2D eigenvalue weighted by Gasteiger charge is 2.26. The maximum absolute atomic E-state index is 13.3. The van der Waals surface area contributed by atoms with Crippen LogP contribution in [0, 0.1) is 5.82 Å². The van der Waals surface area contributed by atoms with Gasteiger partial charge in [-0.15, -0.1) is 0 Å². The number of aromatic nitrogens is 2. The number of anilines is 1. The van der Waals surface area contributed by atoms with E-state index in [0.717, 1.165) is 0 Å². The summed E-state index contributed by atoms with van der Waals surface area (Å²) in [6.45, 7) is 7.47. The number of benzene rings is 1. The fourth-order valence-corrected chi connectivity index (χ4v) is 2.68. The van der Waals surface area contributed by atoms with Crippen molar-refractivity contribution in [2.24, 2.45) is 0 Å². The molecule has 3 rings (SSSR count). The summed E-state index contributed by atoms with van der Waals surface area (Å²) in [7, 11) is 0. The fourth-order valence-electron chi connectivity index (χ4n) is 2.68. The van der Waals surface area contributed by atoms with Gasteiger partial charge in [-0.25, -0.2) is 14.2 Å². The average molecular weight is 348 g/mol. The monoisotopic (exact) mass is 348 g/mol. The number of ether oxygens (including phenoxy) is 1. The summed E-state index contributed by atoms with van der Waals surface area (Å²) in [5.74, 6) is -0.0496. The standard InChI is InChI=1S/C17H21FN4O3/c1-17(2,3)25-16(24)22-8-6-21(7-9-22)15-19-13-5-4-11(18)10-12(13)14(23)20-15/h4-5,10H,6-9H2,1-3H3,(H,19,20,23). The van der Waals surface area contributed by atoms with Gasteiger partial charge in [-0.05, 0) is 39.0 Å². The predicted octanol–water partition coefficient (Wildman–Crippen LogP) is 2.12. The summed E-state index contributed by atoms with van der Waals surface area (Å²) in [5.41, 5.74) is -0.474. The fraction of sp³-hybridized carbons (Fsp3) is 0.471. The van der Waals surface area contributed by atoms with Crippen molar-refractivity contribution in [3.8, 4) is 0 Å². The van der Waals surface area contributed by atoms with Crippen LogP contribution in [0.15, 0.2) is 23.0 Å². The Hall–Kier alpha value is -2.64. The molecule has 1 N–H and O–H groups in total. The molecule has 1 aliphatic rings. The van der Waals surface area contributed by atoms with E-state index in [1.165, 1.54) is 18.2 Å². The van der Waals surface area contributed by atoms with Crippen molar-refractivity contribution in [1.29, 1.82) is 0 Å². The Morgan fingerprint density at radius 2 is 1.92 bits per heavy atom. The van der Waals surface area contributed by atoms with Gasteiger partial charge >= 0.3 is 6.09 Å². The smallest absolute Gasteiger partial charge is 0.410 e. The van der Waals surface area contributed by atoms with Crippen LogP contribution < -0.4 is 10.5 Å². The van der Waals surface area contributed by atoms with Gasteiger partial charge in [0.25, 0.3) is 5.56 Å². The van der Waals surface area contributed by atoms with Crippen LogP contribution in [0.5, 0.6) is 0 Å². The van der Waals surface area contributed by atoms with Crippen molar-refractivity contribution < 1.29 is 13.9 Å². The normalized spacial score (nSPS) is 15.5. The largest absolute Gasteiger partial charge is 0.444 e. The Labute approximate surface area is 144 Å². The topological polar surface area (TPSA) is 78.5 Å². The molecule has 7 nitrogen and oxygen atoms in total. The van der Waals surface area contributed by atoms with E-state index in [0.29, 0.717) is 37.6 Å². The zero-order valence-electron chi connectivity index (χ0n) is 14.5. The van der Waals surface area contributed by atoms with E-state index in [9.17, 15) is 14.0 Å². The molecule has 1 saturated heterocycles. The SMILES string of the molecule is CC(C)(C)OC(=O)N1CCN(c2nc3ccc(F)cc3c(=O)[nH]2)CC1. The number of carbonyl (C=O) groups excluding carboxylic acids is 1. The van der Waals surface area contributed by atoms with Crippen LogP contribution in [0.1, 0.15) is 20.8 Å². The Balaban J connectivity index is 1.73. The van der Waals surface area contributed by atoms with Crippen LogP contribution in [0.25, 0.3) is 10.9 Å². The quantitative estimate of drug-likeness (QED) is 0.854. The second-order valence-electron chi connectivity index (χ2n) is 7.01. The molecule has 1 fully saturated rings. The van der Waals surface area contributed by atoms with E-state index >= 15 is 0 Å². The molecule has 2 heterocycles. The van der Waals surface area contributed by atoms with E-state index in [4.69, 9.17) is 4.74 Å². The molecular formula is C17H21FN4O3. The highest BCUT2D eigenvalue weighted by molar-refractivity contribution is 5.78. The lowest BCUT2D eigenvalue weighted by Crippen LogP contribution is -2.50. The minimum atomic E-state index is -0.533. The lowest BCUT2D eigenvalue weighted by atomic mass is 10.2. The number of amides is 1. The molecular weight excluding hydrogens is 327 g/mol. The average Bonchev–Trinajstić information content (AvgIpc) is 2.54. The van der Waals surface area contributed by atoms with Crippen molar-refractivity contribution in [3.63, 3.8) is 0 Å². The molecule has 1 aliphatic heterocycles. The number of H-pyrrole nitrogens is 1. The summed E-state index contributed by atoms with van der Waals surface area (Å²) in [6.07, 6.45) is -0.345. The summed E-state index contributed by atoms with van der Waals surface area (Å²) in [5, 5.41) is 0.219. The first-order valence-corrected chi connectivity index (χ1v) is 8.15. The number of fused-ring (bicyclic) bond motifs is 1. The van der Waals surface area contributed by atoms with Gasteiger partial charge in [-0.1, -0.05) is 0 Å². The summed E-state index contributed by atoms with van der Waals surface area (Å²) < 4.78 is 18.6. The lowest BCUT2D eigenvalue weighted by Gasteiger charge is -2.35. The number of rotatable bonds is 1. The van der Waals surface area contributed by atoms with Gasteiger partial charge in [-0.3, -0.25) is 9.78 Å². The van der Waals surface area contributed by atoms with Crippen LogP contribution in [0.2, 0.25) is 0 Å². The van der Waals surface area contributed by atoms with Crippen molar-refractivity contribution in [1.82, 2.24) is 14.9 Å². The zero-order valence-corrected chi connectivity index (χ0v) is 14.5. The van der Waals surface area contributed by atoms with Crippen LogP contribution >= 0.6 is 0 Å². The minimum Gasteiger partial charge on any atom is -0.444 e. The highest BCUT2D eigenvalue weighted by Crippen LogP contribution is 2.16. The summed E-state index contributed by atoms with van der Waals surface area (Å²) in [6, 6.07) is 3.94. The number of nitrogens with zero attached hydrogens (tertiary/aromatic N) is 3. The third-order valence-corrected chi connectivity index (χ3v) is 3.89. The van der Waals surface area contributed by atoms with Gasteiger partial charge in [0, 0.05) is 26.2 Å². The van der Waals surface area contributed by atoms with E-state index in [1.54, 1.807) is 4.90 Å². The first-order chi connectivity index (χ1) is 11.7. The Bertz CT molecular complexity index is 851. The van der Waals surface area contributed by atoms with E-state index in [1.807, 2.05) is 25.7 Å².